The fourth-order valence-electron chi connectivity index (χ4n) is 3.27. The van der Waals surface area contributed by atoms with E-state index in [1.165, 1.54) is 12.1 Å². The lowest BCUT2D eigenvalue weighted by atomic mass is 10.1. The van der Waals surface area contributed by atoms with Gasteiger partial charge in [-0.1, -0.05) is 6.92 Å². The second-order valence-electron chi connectivity index (χ2n) is 7.55. The molecule has 1 aliphatic heterocycles. The molecule has 1 aliphatic rings. The third-order valence-electron chi connectivity index (χ3n) is 5.28. The molecule has 9 heteroatoms. The van der Waals surface area contributed by atoms with Crippen LogP contribution in [-0.4, -0.2) is 39.9 Å². The molecule has 0 spiro atoms. The minimum absolute atomic E-state index is 0.114. The van der Waals surface area contributed by atoms with E-state index in [1.807, 2.05) is 6.92 Å². The second-order valence-corrected chi connectivity index (χ2v) is 9.26. The van der Waals surface area contributed by atoms with Crippen LogP contribution in [-0.2, 0) is 19.6 Å². The Morgan fingerprint density at radius 2 is 1.81 bits per heavy atom. The molecule has 0 aliphatic carbocycles. The Labute approximate surface area is 182 Å². The Balaban J connectivity index is 1.63. The minimum atomic E-state index is -3.61. The number of nitrogens with one attached hydrogen (secondary N) is 2. The molecule has 1 heterocycles. The maximum atomic E-state index is 12.7. The van der Waals surface area contributed by atoms with Crippen molar-refractivity contribution in [2.45, 2.75) is 37.6 Å². The van der Waals surface area contributed by atoms with E-state index in [-0.39, 0.29) is 35.7 Å². The summed E-state index contributed by atoms with van der Waals surface area (Å²) in [6.45, 7) is 3.97. The molecule has 0 aromatic heterocycles. The predicted molar refractivity (Wildman–Crippen MR) is 119 cm³/mol. The molecule has 1 saturated heterocycles. The number of methoxy groups -OCH3 is 1. The molecule has 166 valence electrons. The first-order valence-corrected chi connectivity index (χ1v) is 11.6. The Bertz CT molecular complexity index is 1040. The first-order valence-electron chi connectivity index (χ1n) is 10.1. The summed E-state index contributed by atoms with van der Waals surface area (Å²) in [4.78, 5) is 26.8. The molecule has 3 rings (SSSR count). The van der Waals surface area contributed by atoms with Crippen LogP contribution >= 0.6 is 0 Å². The Hall–Kier alpha value is -2.91. The van der Waals surface area contributed by atoms with Crippen LogP contribution in [0.1, 0.15) is 26.7 Å². The highest BCUT2D eigenvalue weighted by atomic mass is 32.2. The maximum absolute atomic E-state index is 12.7. The van der Waals surface area contributed by atoms with E-state index in [9.17, 15) is 18.0 Å². The molecule has 1 fully saturated rings. The third-order valence-corrected chi connectivity index (χ3v) is 6.89. The molecule has 2 aromatic carbocycles. The van der Waals surface area contributed by atoms with Gasteiger partial charge in [-0.25, -0.2) is 13.1 Å². The van der Waals surface area contributed by atoms with Crippen LogP contribution in [0.25, 0.3) is 0 Å². The number of amides is 2. The number of anilines is 2. The monoisotopic (exact) mass is 445 g/mol. The molecule has 0 radical (unpaired) electrons. The molecule has 8 nitrogen and oxygen atoms in total. The standard InChI is InChI=1S/C22H27N3O5S/c1-4-15(2)24-31(28,29)20-11-5-17(6-12-20)23-22(27)16-13-21(26)25(14-16)18-7-9-19(30-3)10-8-18/h5-12,15-16,24H,4,13-14H2,1-3H3,(H,23,27)/t15-,16+/m1/s1. The maximum Gasteiger partial charge on any atom is 0.240 e. The second kappa shape index (κ2) is 9.49. The van der Waals surface area contributed by atoms with E-state index in [0.717, 1.165) is 0 Å². The number of carbonyl (C=O) groups is 2. The van der Waals surface area contributed by atoms with Crippen molar-refractivity contribution in [1.29, 1.82) is 0 Å². The van der Waals surface area contributed by atoms with E-state index >= 15 is 0 Å². The quantitative estimate of drug-likeness (QED) is 0.650. The van der Waals surface area contributed by atoms with Crippen LogP contribution in [0, 0.1) is 5.92 Å². The van der Waals surface area contributed by atoms with Gasteiger partial charge in [0.05, 0.1) is 17.9 Å². The van der Waals surface area contributed by atoms with E-state index in [2.05, 4.69) is 10.0 Å². The van der Waals surface area contributed by atoms with E-state index in [4.69, 9.17) is 4.74 Å². The van der Waals surface area contributed by atoms with Crippen LogP contribution in [0.5, 0.6) is 5.75 Å². The molecule has 0 unspecified atom stereocenters. The van der Waals surface area contributed by atoms with Crippen molar-refractivity contribution >= 4 is 33.2 Å². The summed E-state index contributed by atoms with van der Waals surface area (Å²) in [6, 6.07) is 12.9. The van der Waals surface area contributed by atoms with Gasteiger partial charge in [0.15, 0.2) is 0 Å². The van der Waals surface area contributed by atoms with Gasteiger partial charge in [-0.2, -0.15) is 0 Å². The lowest BCUT2D eigenvalue weighted by Gasteiger charge is -2.17. The van der Waals surface area contributed by atoms with Gasteiger partial charge in [0, 0.05) is 30.4 Å². The van der Waals surface area contributed by atoms with Crippen molar-refractivity contribution in [2.75, 3.05) is 23.9 Å². The number of sulfonamides is 1. The fourth-order valence-corrected chi connectivity index (χ4v) is 4.60. The van der Waals surface area contributed by atoms with Crippen molar-refractivity contribution in [3.63, 3.8) is 0 Å². The van der Waals surface area contributed by atoms with Crippen LogP contribution in [0.3, 0.4) is 0 Å². The summed E-state index contributed by atoms with van der Waals surface area (Å²) in [6.07, 6.45) is 0.796. The smallest absolute Gasteiger partial charge is 0.240 e. The number of benzene rings is 2. The lowest BCUT2D eigenvalue weighted by molar-refractivity contribution is -0.122. The normalized spacial score (nSPS) is 17.5. The highest BCUT2D eigenvalue weighted by Gasteiger charge is 2.35. The largest absolute Gasteiger partial charge is 0.497 e. The number of nitrogens with zero attached hydrogens (tertiary/aromatic N) is 1. The number of hydrogen-bond donors (Lipinski definition) is 2. The third kappa shape index (κ3) is 5.42. The van der Waals surface area contributed by atoms with Gasteiger partial charge < -0.3 is 15.0 Å². The van der Waals surface area contributed by atoms with E-state index < -0.39 is 15.9 Å². The topological polar surface area (TPSA) is 105 Å². The fraction of sp³-hybridized carbons (Fsp3) is 0.364. The first kappa shape index (κ1) is 22.8. The average molecular weight is 446 g/mol. The Morgan fingerprint density at radius 1 is 1.16 bits per heavy atom. The molecule has 0 bridgehead atoms. The van der Waals surface area contributed by atoms with Gasteiger partial charge in [-0.05, 0) is 61.9 Å². The Kier molecular flexibility index (Phi) is 6.97. The van der Waals surface area contributed by atoms with Crippen molar-refractivity contribution in [1.82, 2.24) is 4.72 Å². The Morgan fingerprint density at radius 3 is 2.39 bits per heavy atom. The molecule has 31 heavy (non-hydrogen) atoms. The van der Waals surface area contributed by atoms with Gasteiger partial charge >= 0.3 is 0 Å². The number of rotatable bonds is 8. The number of hydrogen-bond acceptors (Lipinski definition) is 5. The van der Waals surface area contributed by atoms with Crippen molar-refractivity contribution in [3.05, 3.63) is 48.5 Å². The van der Waals surface area contributed by atoms with E-state index in [1.54, 1.807) is 55.3 Å². The molecule has 2 amide bonds. The highest BCUT2D eigenvalue weighted by molar-refractivity contribution is 7.89. The zero-order valence-corrected chi connectivity index (χ0v) is 18.6. The molecule has 2 aromatic rings. The lowest BCUT2D eigenvalue weighted by Crippen LogP contribution is -2.32. The molecular formula is C22H27N3O5S. The highest BCUT2D eigenvalue weighted by Crippen LogP contribution is 2.27. The summed E-state index contributed by atoms with van der Waals surface area (Å²) in [5.41, 5.74) is 1.19. The first-order chi connectivity index (χ1) is 14.7. The van der Waals surface area contributed by atoms with E-state index in [0.29, 0.717) is 23.5 Å². The van der Waals surface area contributed by atoms with Crippen LogP contribution in [0.4, 0.5) is 11.4 Å². The SMILES string of the molecule is CC[C@@H](C)NS(=O)(=O)c1ccc(NC(=O)[C@H]2CC(=O)N(c3ccc(OC)cc3)C2)cc1. The summed E-state index contributed by atoms with van der Waals surface area (Å²) in [5.74, 6) is -0.208. The van der Waals surface area contributed by atoms with Crippen molar-refractivity contribution in [3.8, 4) is 5.75 Å². The van der Waals surface area contributed by atoms with Crippen LogP contribution < -0.4 is 19.7 Å². The summed E-state index contributed by atoms with van der Waals surface area (Å²) >= 11 is 0. The van der Waals surface area contributed by atoms with Crippen molar-refractivity contribution in [2.24, 2.45) is 5.92 Å². The van der Waals surface area contributed by atoms with Crippen LogP contribution in [0.2, 0.25) is 0 Å². The number of ether oxygens (including phenoxy) is 1. The summed E-state index contributed by atoms with van der Waals surface area (Å²) < 4.78 is 32.4. The number of carbonyl (C=O) groups excluding carboxylic acids is 2. The average Bonchev–Trinajstić information content (AvgIpc) is 3.15. The predicted octanol–water partition coefficient (Wildman–Crippen LogP) is 2.76. The summed E-state index contributed by atoms with van der Waals surface area (Å²) in [7, 11) is -2.04. The molecular weight excluding hydrogens is 418 g/mol. The zero-order valence-electron chi connectivity index (χ0n) is 17.8. The van der Waals surface area contributed by atoms with Gasteiger partial charge in [0.25, 0.3) is 0 Å². The van der Waals surface area contributed by atoms with Gasteiger partial charge in [0.1, 0.15) is 5.75 Å². The molecule has 2 N–H and O–H groups in total. The van der Waals surface area contributed by atoms with Gasteiger partial charge in [-0.3, -0.25) is 9.59 Å². The molecule has 0 saturated carbocycles. The van der Waals surface area contributed by atoms with Gasteiger partial charge in [0.2, 0.25) is 21.8 Å². The van der Waals surface area contributed by atoms with Crippen molar-refractivity contribution < 1.29 is 22.7 Å². The minimum Gasteiger partial charge on any atom is -0.497 e. The molecule has 2 atom stereocenters. The van der Waals surface area contributed by atoms with Gasteiger partial charge in [-0.15, -0.1) is 0 Å². The van der Waals surface area contributed by atoms with Crippen LogP contribution in [0.15, 0.2) is 53.4 Å². The summed E-state index contributed by atoms with van der Waals surface area (Å²) in [5, 5.41) is 2.77. The zero-order chi connectivity index (χ0) is 22.6.